The number of nitrogens with one attached hydrogen (secondary N) is 1. The van der Waals surface area contributed by atoms with Crippen molar-refractivity contribution in [1.82, 2.24) is 10.2 Å². The Kier molecular flexibility index (Phi) is 3.54. The molecule has 1 amide bonds. The lowest BCUT2D eigenvalue weighted by Crippen LogP contribution is -2.51. The van der Waals surface area contributed by atoms with Crippen LogP contribution in [0.4, 0.5) is 4.79 Å². The third-order valence-corrected chi connectivity index (χ3v) is 2.80. The van der Waals surface area contributed by atoms with Crippen molar-refractivity contribution < 1.29 is 9.90 Å². The van der Waals surface area contributed by atoms with E-state index in [2.05, 4.69) is 24.1 Å². The summed E-state index contributed by atoms with van der Waals surface area (Å²) in [5, 5.41) is 11.2. The van der Waals surface area contributed by atoms with Crippen molar-refractivity contribution in [3.8, 4) is 0 Å². The number of rotatable bonds is 2. The lowest BCUT2D eigenvalue weighted by molar-refractivity contribution is 0.140. The molecule has 4 heteroatoms. The molecule has 13 heavy (non-hydrogen) atoms. The highest BCUT2D eigenvalue weighted by Gasteiger charge is 2.26. The van der Waals surface area contributed by atoms with Crippen molar-refractivity contribution in [2.45, 2.75) is 26.3 Å². The van der Waals surface area contributed by atoms with Gasteiger partial charge < -0.3 is 15.3 Å². The Hall–Kier alpha value is -0.770. The molecule has 2 atom stereocenters. The van der Waals surface area contributed by atoms with Gasteiger partial charge in [0.1, 0.15) is 0 Å². The molecule has 1 saturated heterocycles. The fraction of sp³-hybridized carbons (Fsp3) is 0.889. The molecule has 0 aromatic heterocycles. The quantitative estimate of drug-likeness (QED) is 0.676. The number of carbonyl (C=O) groups is 1. The Bertz CT molecular complexity index is 184. The number of hydrogen-bond donors (Lipinski definition) is 2. The van der Waals surface area contributed by atoms with Crippen LogP contribution in [-0.2, 0) is 0 Å². The van der Waals surface area contributed by atoms with Gasteiger partial charge in [0, 0.05) is 12.6 Å². The number of nitrogens with zero attached hydrogens (tertiary/aromatic N) is 1. The number of carboxylic acid groups (broad SMARTS) is 1. The predicted octanol–water partition coefficient (Wildman–Crippen LogP) is 0.984. The second kappa shape index (κ2) is 4.46. The molecule has 0 unspecified atom stereocenters. The topological polar surface area (TPSA) is 52.6 Å². The number of amides is 1. The van der Waals surface area contributed by atoms with E-state index in [1.165, 1.54) is 0 Å². The summed E-state index contributed by atoms with van der Waals surface area (Å²) in [5.74, 6) is 0.457. The molecule has 4 nitrogen and oxygen atoms in total. The number of likely N-dealkylation sites (N-methyl/N-ethyl adjacent to an activating group) is 1. The van der Waals surface area contributed by atoms with Crippen molar-refractivity contribution in [2.24, 2.45) is 5.92 Å². The van der Waals surface area contributed by atoms with Crippen LogP contribution < -0.4 is 5.32 Å². The summed E-state index contributed by atoms with van der Waals surface area (Å²) in [6.07, 6.45) is 0.175. The van der Waals surface area contributed by atoms with Gasteiger partial charge in [-0.3, -0.25) is 0 Å². The standard InChI is InChI=1S/C9H18N2O2/c1-3-11-5-4-7(2)8(6-11)10-9(12)13/h7-8,10H,3-6H2,1-2H3,(H,12,13)/t7-,8+/m0/s1. The van der Waals surface area contributed by atoms with Crippen molar-refractivity contribution in [3.63, 3.8) is 0 Å². The van der Waals surface area contributed by atoms with E-state index in [0.29, 0.717) is 5.92 Å². The maximum absolute atomic E-state index is 10.5. The molecule has 0 aromatic rings. The molecule has 1 aliphatic rings. The fourth-order valence-electron chi connectivity index (χ4n) is 1.77. The first-order valence-corrected chi connectivity index (χ1v) is 4.85. The SMILES string of the molecule is CCN1CC[C@H](C)[C@H](NC(=O)O)C1. The normalized spacial score (nSPS) is 30.0. The molecule has 1 aliphatic heterocycles. The van der Waals surface area contributed by atoms with Gasteiger partial charge in [-0.05, 0) is 25.4 Å². The second-order valence-corrected chi connectivity index (χ2v) is 3.72. The van der Waals surface area contributed by atoms with Gasteiger partial charge in [0.2, 0.25) is 0 Å². The van der Waals surface area contributed by atoms with E-state index in [-0.39, 0.29) is 6.04 Å². The Morgan fingerprint density at radius 3 is 2.92 bits per heavy atom. The minimum Gasteiger partial charge on any atom is -0.465 e. The van der Waals surface area contributed by atoms with Crippen LogP contribution in [0.15, 0.2) is 0 Å². The summed E-state index contributed by atoms with van der Waals surface area (Å²) in [7, 11) is 0. The monoisotopic (exact) mass is 186 g/mol. The molecule has 2 N–H and O–H groups in total. The molecule has 0 radical (unpaired) electrons. The van der Waals surface area contributed by atoms with Crippen LogP contribution in [0.2, 0.25) is 0 Å². The van der Waals surface area contributed by atoms with Crippen molar-refractivity contribution in [2.75, 3.05) is 19.6 Å². The molecule has 0 spiro atoms. The molecular formula is C9H18N2O2. The van der Waals surface area contributed by atoms with Crippen LogP contribution in [0.25, 0.3) is 0 Å². The molecule has 0 aliphatic carbocycles. The Balaban J connectivity index is 2.44. The molecule has 1 heterocycles. The molecule has 0 bridgehead atoms. The zero-order valence-electron chi connectivity index (χ0n) is 8.29. The van der Waals surface area contributed by atoms with E-state index >= 15 is 0 Å². The molecule has 76 valence electrons. The second-order valence-electron chi connectivity index (χ2n) is 3.72. The van der Waals surface area contributed by atoms with Crippen LogP contribution in [-0.4, -0.2) is 41.8 Å². The number of likely N-dealkylation sites (tertiary alicyclic amines) is 1. The summed E-state index contributed by atoms with van der Waals surface area (Å²) < 4.78 is 0. The van der Waals surface area contributed by atoms with Gasteiger partial charge in [0.05, 0.1) is 0 Å². The first kappa shape index (κ1) is 10.3. The van der Waals surface area contributed by atoms with Crippen molar-refractivity contribution in [3.05, 3.63) is 0 Å². The third kappa shape index (κ3) is 2.88. The fourth-order valence-corrected chi connectivity index (χ4v) is 1.77. The minimum absolute atomic E-state index is 0.103. The molecular weight excluding hydrogens is 168 g/mol. The molecule has 1 fully saturated rings. The van der Waals surface area contributed by atoms with E-state index in [1.54, 1.807) is 0 Å². The van der Waals surface area contributed by atoms with Gasteiger partial charge >= 0.3 is 6.09 Å². The molecule has 1 rings (SSSR count). The minimum atomic E-state index is -0.908. The van der Waals surface area contributed by atoms with Gasteiger partial charge in [-0.15, -0.1) is 0 Å². The Morgan fingerprint density at radius 2 is 2.38 bits per heavy atom. The van der Waals surface area contributed by atoms with Gasteiger partial charge in [0.15, 0.2) is 0 Å². The lowest BCUT2D eigenvalue weighted by atomic mass is 9.94. The van der Waals surface area contributed by atoms with Crippen LogP contribution >= 0.6 is 0 Å². The van der Waals surface area contributed by atoms with E-state index in [4.69, 9.17) is 5.11 Å². The van der Waals surface area contributed by atoms with Gasteiger partial charge in [-0.2, -0.15) is 0 Å². The average molecular weight is 186 g/mol. The smallest absolute Gasteiger partial charge is 0.404 e. The third-order valence-electron chi connectivity index (χ3n) is 2.80. The van der Waals surface area contributed by atoms with Crippen LogP contribution in [0.3, 0.4) is 0 Å². The summed E-state index contributed by atoms with van der Waals surface area (Å²) >= 11 is 0. The maximum atomic E-state index is 10.5. The first-order chi connectivity index (χ1) is 6.13. The van der Waals surface area contributed by atoms with Crippen molar-refractivity contribution >= 4 is 6.09 Å². The maximum Gasteiger partial charge on any atom is 0.404 e. The van der Waals surface area contributed by atoms with Crippen molar-refractivity contribution in [1.29, 1.82) is 0 Å². The number of piperidine rings is 1. The van der Waals surface area contributed by atoms with Crippen LogP contribution in [0.1, 0.15) is 20.3 Å². The van der Waals surface area contributed by atoms with E-state index < -0.39 is 6.09 Å². The van der Waals surface area contributed by atoms with E-state index in [1.807, 2.05) is 0 Å². The van der Waals surface area contributed by atoms with Crippen LogP contribution in [0, 0.1) is 5.92 Å². The summed E-state index contributed by atoms with van der Waals surface area (Å²) in [6.45, 7) is 7.16. The summed E-state index contributed by atoms with van der Waals surface area (Å²) in [6, 6.07) is 0.103. The number of hydrogen-bond acceptors (Lipinski definition) is 2. The highest BCUT2D eigenvalue weighted by Crippen LogP contribution is 2.16. The Morgan fingerprint density at radius 1 is 1.69 bits per heavy atom. The van der Waals surface area contributed by atoms with Crippen LogP contribution in [0.5, 0.6) is 0 Å². The predicted molar refractivity (Wildman–Crippen MR) is 50.8 cm³/mol. The van der Waals surface area contributed by atoms with Gasteiger partial charge in [-0.25, -0.2) is 4.79 Å². The molecule has 0 saturated carbocycles. The summed E-state index contributed by atoms with van der Waals surface area (Å²) in [4.78, 5) is 12.8. The highest BCUT2D eigenvalue weighted by molar-refractivity contribution is 5.64. The Labute approximate surface area is 78.9 Å². The van der Waals surface area contributed by atoms with E-state index in [9.17, 15) is 4.79 Å². The highest BCUT2D eigenvalue weighted by atomic mass is 16.4. The zero-order chi connectivity index (χ0) is 9.84. The largest absolute Gasteiger partial charge is 0.465 e. The van der Waals surface area contributed by atoms with Gasteiger partial charge in [-0.1, -0.05) is 13.8 Å². The lowest BCUT2D eigenvalue weighted by Gasteiger charge is -2.36. The van der Waals surface area contributed by atoms with Gasteiger partial charge in [0.25, 0.3) is 0 Å². The first-order valence-electron chi connectivity index (χ1n) is 4.85. The summed E-state index contributed by atoms with van der Waals surface area (Å²) in [5.41, 5.74) is 0. The average Bonchev–Trinajstić information content (AvgIpc) is 2.08. The zero-order valence-corrected chi connectivity index (χ0v) is 8.29. The van der Waals surface area contributed by atoms with E-state index in [0.717, 1.165) is 26.1 Å². The molecule has 0 aromatic carbocycles.